The molecule has 1 N–H and O–H groups in total. The van der Waals surface area contributed by atoms with Gasteiger partial charge in [0, 0.05) is 17.7 Å². The molecule has 0 aliphatic heterocycles. The highest BCUT2D eigenvalue weighted by Gasteiger charge is 2.19. The molecule has 2 rings (SSSR count). The molecule has 1 aromatic heterocycles. The van der Waals surface area contributed by atoms with Crippen LogP contribution in [0.2, 0.25) is 0 Å². The number of hydrogen-bond acceptors (Lipinski definition) is 5. The second-order valence-electron chi connectivity index (χ2n) is 4.72. The molecule has 110 valence electrons. The van der Waals surface area contributed by atoms with Crippen molar-refractivity contribution in [1.29, 1.82) is 0 Å². The number of hydrogen-bond donors (Lipinski definition) is 1. The van der Waals surface area contributed by atoms with E-state index in [9.17, 15) is 14.9 Å². The van der Waals surface area contributed by atoms with E-state index in [-0.39, 0.29) is 12.5 Å². The fourth-order valence-electron chi connectivity index (χ4n) is 1.79. The zero-order valence-electron chi connectivity index (χ0n) is 12.0. The predicted octanol–water partition coefficient (Wildman–Crippen LogP) is 1.75. The molecule has 21 heavy (non-hydrogen) atoms. The Labute approximate surface area is 121 Å². The van der Waals surface area contributed by atoms with Crippen LogP contribution < -0.4 is 5.32 Å². The van der Waals surface area contributed by atoms with E-state index in [0.717, 1.165) is 11.1 Å². The van der Waals surface area contributed by atoms with Crippen molar-refractivity contribution in [2.24, 2.45) is 0 Å². The first-order valence-corrected chi connectivity index (χ1v) is 6.30. The highest BCUT2D eigenvalue weighted by molar-refractivity contribution is 5.90. The van der Waals surface area contributed by atoms with E-state index < -0.39 is 10.9 Å². The monoisotopic (exact) mass is 289 g/mol. The summed E-state index contributed by atoms with van der Waals surface area (Å²) in [7, 11) is 0. The maximum Gasteiger partial charge on any atom is 0.491 e. The van der Waals surface area contributed by atoms with Crippen LogP contribution in [0.3, 0.4) is 0 Å². The van der Waals surface area contributed by atoms with E-state index in [1.54, 1.807) is 13.0 Å². The Kier molecular flexibility index (Phi) is 3.97. The van der Waals surface area contributed by atoms with Gasteiger partial charge in [0.15, 0.2) is 0 Å². The molecule has 8 heteroatoms. The molecule has 0 fully saturated rings. The van der Waals surface area contributed by atoms with Crippen molar-refractivity contribution in [2.45, 2.75) is 27.3 Å². The quantitative estimate of drug-likeness (QED) is 0.682. The minimum Gasteiger partial charge on any atom is -0.390 e. The van der Waals surface area contributed by atoms with Crippen LogP contribution in [0.1, 0.15) is 17.0 Å². The van der Waals surface area contributed by atoms with Gasteiger partial charge in [0.05, 0.1) is 0 Å². The summed E-state index contributed by atoms with van der Waals surface area (Å²) in [6.07, 6.45) is 0. The van der Waals surface area contributed by atoms with Crippen molar-refractivity contribution >= 4 is 17.5 Å². The van der Waals surface area contributed by atoms with Gasteiger partial charge in [-0.15, -0.1) is 0 Å². The molecular formula is C13H15N5O3. The molecule has 0 unspecified atom stereocenters. The molecule has 2 aromatic rings. The van der Waals surface area contributed by atoms with Crippen molar-refractivity contribution in [3.05, 3.63) is 45.3 Å². The van der Waals surface area contributed by atoms with Crippen LogP contribution in [0.4, 0.5) is 11.6 Å². The zero-order valence-corrected chi connectivity index (χ0v) is 12.0. The normalized spacial score (nSPS) is 10.4. The molecule has 0 spiro atoms. The van der Waals surface area contributed by atoms with Crippen molar-refractivity contribution < 1.29 is 9.72 Å². The highest BCUT2D eigenvalue weighted by Crippen LogP contribution is 2.14. The third-order valence-corrected chi connectivity index (χ3v) is 3.09. The van der Waals surface area contributed by atoms with Crippen molar-refractivity contribution in [2.75, 3.05) is 5.32 Å². The van der Waals surface area contributed by atoms with Crippen LogP contribution in [-0.4, -0.2) is 25.6 Å². The number of amides is 1. The Morgan fingerprint density at radius 3 is 2.62 bits per heavy atom. The summed E-state index contributed by atoms with van der Waals surface area (Å²) in [5.41, 5.74) is 2.88. The average Bonchev–Trinajstić information content (AvgIpc) is 2.76. The Morgan fingerprint density at radius 2 is 2.05 bits per heavy atom. The maximum atomic E-state index is 11.9. The summed E-state index contributed by atoms with van der Waals surface area (Å²) < 4.78 is 1.20. The largest absolute Gasteiger partial charge is 0.491 e. The van der Waals surface area contributed by atoms with E-state index in [1.807, 2.05) is 26.0 Å². The number of carbonyl (C=O) groups excluding carboxylic acids is 1. The van der Waals surface area contributed by atoms with Crippen LogP contribution in [0.5, 0.6) is 0 Å². The summed E-state index contributed by atoms with van der Waals surface area (Å²) in [6.45, 7) is 5.37. The van der Waals surface area contributed by atoms with E-state index in [2.05, 4.69) is 15.4 Å². The van der Waals surface area contributed by atoms with Crippen LogP contribution in [0, 0.1) is 30.9 Å². The molecule has 0 radical (unpaired) electrons. The summed E-state index contributed by atoms with van der Waals surface area (Å²) >= 11 is 0. The van der Waals surface area contributed by atoms with Crippen LogP contribution >= 0.6 is 0 Å². The summed E-state index contributed by atoms with van der Waals surface area (Å²) in [6, 6.07) is 5.58. The van der Waals surface area contributed by atoms with Crippen LogP contribution in [0.25, 0.3) is 0 Å². The first kappa shape index (κ1) is 14.6. The number of benzene rings is 1. The van der Waals surface area contributed by atoms with Gasteiger partial charge >= 0.3 is 5.95 Å². The second kappa shape index (κ2) is 5.70. The number of anilines is 1. The Balaban J connectivity index is 2.07. The maximum absolute atomic E-state index is 11.9. The fraction of sp³-hybridized carbons (Fsp3) is 0.308. The average molecular weight is 289 g/mol. The summed E-state index contributed by atoms with van der Waals surface area (Å²) in [5.74, 6) is -0.510. The number of nitro groups is 1. The fourth-order valence-corrected chi connectivity index (χ4v) is 1.79. The number of nitrogens with zero attached hydrogens (tertiary/aromatic N) is 4. The van der Waals surface area contributed by atoms with E-state index in [4.69, 9.17) is 0 Å². The molecule has 0 atom stereocenters. The van der Waals surface area contributed by atoms with Gasteiger partial charge < -0.3 is 15.4 Å². The van der Waals surface area contributed by atoms with Crippen LogP contribution in [-0.2, 0) is 11.3 Å². The Bertz CT molecular complexity index is 708. The zero-order chi connectivity index (χ0) is 15.6. The molecule has 8 nitrogen and oxygen atoms in total. The van der Waals surface area contributed by atoms with Gasteiger partial charge in [-0.3, -0.25) is 4.79 Å². The number of rotatable bonds is 4. The lowest BCUT2D eigenvalue weighted by molar-refractivity contribution is -0.394. The first-order chi connectivity index (χ1) is 9.86. The van der Waals surface area contributed by atoms with E-state index in [1.165, 1.54) is 4.68 Å². The highest BCUT2D eigenvalue weighted by atomic mass is 16.6. The van der Waals surface area contributed by atoms with Gasteiger partial charge in [-0.1, -0.05) is 6.07 Å². The van der Waals surface area contributed by atoms with Gasteiger partial charge in [-0.2, -0.15) is 4.68 Å². The molecule has 0 saturated carbocycles. The lowest BCUT2D eigenvalue weighted by Gasteiger charge is -2.07. The van der Waals surface area contributed by atoms with Gasteiger partial charge in [-0.25, -0.2) is 0 Å². The van der Waals surface area contributed by atoms with E-state index in [0.29, 0.717) is 11.5 Å². The third-order valence-electron chi connectivity index (χ3n) is 3.09. The number of aromatic nitrogens is 3. The lowest BCUT2D eigenvalue weighted by atomic mass is 10.1. The second-order valence-corrected chi connectivity index (χ2v) is 4.72. The first-order valence-electron chi connectivity index (χ1n) is 6.30. The van der Waals surface area contributed by atoms with E-state index >= 15 is 0 Å². The number of nitrogens with one attached hydrogen (secondary N) is 1. The molecular weight excluding hydrogens is 274 g/mol. The summed E-state index contributed by atoms with van der Waals surface area (Å²) in [5, 5.41) is 17.0. The molecule has 1 aromatic carbocycles. The van der Waals surface area contributed by atoms with Gasteiger partial charge in [0.25, 0.3) is 0 Å². The SMILES string of the molecule is Cc1ccc(NC(=O)Cn2nc([N+](=O)[O-])nc2C)cc1C. The molecule has 1 heterocycles. The summed E-state index contributed by atoms with van der Waals surface area (Å²) in [4.78, 5) is 25.5. The standard InChI is InChI=1S/C13H15N5O3/c1-8-4-5-11(6-9(8)2)15-12(19)7-17-10(3)14-13(16-17)18(20)21/h4-6H,7H2,1-3H3,(H,15,19). The molecule has 1 amide bonds. The van der Waals surface area contributed by atoms with Crippen molar-refractivity contribution in [3.8, 4) is 0 Å². The predicted molar refractivity (Wildman–Crippen MR) is 76.0 cm³/mol. The van der Waals surface area contributed by atoms with Crippen molar-refractivity contribution in [1.82, 2.24) is 14.8 Å². The third kappa shape index (κ3) is 3.41. The number of carbonyl (C=O) groups is 1. The van der Waals surface area contributed by atoms with Gasteiger partial charge in [0.1, 0.15) is 6.54 Å². The number of aryl methyl sites for hydroxylation is 3. The molecule has 0 saturated heterocycles. The Morgan fingerprint density at radius 1 is 1.33 bits per heavy atom. The van der Waals surface area contributed by atoms with Crippen LogP contribution in [0.15, 0.2) is 18.2 Å². The Hall–Kier alpha value is -2.77. The minimum atomic E-state index is -0.690. The topological polar surface area (TPSA) is 103 Å². The van der Waals surface area contributed by atoms with Gasteiger partial charge in [-0.05, 0) is 47.0 Å². The van der Waals surface area contributed by atoms with Crippen molar-refractivity contribution in [3.63, 3.8) is 0 Å². The molecule has 0 aliphatic carbocycles. The smallest absolute Gasteiger partial charge is 0.390 e. The van der Waals surface area contributed by atoms with Gasteiger partial charge in [0.2, 0.25) is 11.7 Å². The molecule has 0 bridgehead atoms. The lowest BCUT2D eigenvalue weighted by Crippen LogP contribution is -2.20. The minimum absolute atomic E-state index is 0.125. The molecule has 0 aliphatic rings.